The van der Waals surface area contributed by atoms with Gasteiger partial charge in [0.2, 0.25) is 5.78 Å². The van der Waals surface area contributed by atoms with E-state index in [-0.39, 0.29) is 125 Å². The van der Waals surface area contributed by atoms with Gasteiger partial charge in [-0.2, -0.15) is 26.3 Å². The molecule has 17 nitrogen and oxygen atoms in total. The van der Waals surface area contributed by atoms with Crippen molar-refractivity contribution in [2.24, 2.45) is 0 Å². The molecule has 22 rings (SSSR count). The Labute approximate surface area is 842 Å². The summed E-state index contributed by atoms with van der Waals surface area (Å²) in [5.74, 6) is -7.01. The van der Waals surface area contributed by atoms with Crippen molar-refractivity contribution in [3.05, 3.63) is 447 Å². The average Bonchev–Trinajstić information content (AvgIpc) is 1.61. The van der Waals surface area contributed by atoms with Crippen LogP contribution in [0.5, 0.6) is 0 Å². The van der Waals surface area contributed by atoms with E-state index in [0.29, 0.717) is 11.1 Å². The Morgan fingerprint density at radius 2 is 0.518 bits per heavy atom. The number of fused-ring (bicyclic) bond motifs is 18. The summed E-state index contributed by atoms with van der Waals surface area (Å²) in [6.45, 7) is 2.77. The number of hydrogen-bond donors (Lipinski definition) is 0. The molecule has 0 unspecified atom stereocenters. The van der Waals surface area contributed by atoms with Crippen molar-refractivity contribution in [1.82, 2.24) is 38.2 Å². The van der Waals surface area contributed by atoms with Gasteiger partial charge in [0.1, 0.15) is 0 Å². The molecular weight excluding hydrogens is 1890 g/mol. The number of para-hydroxylation sites is 8. The van der Waals surface area contributed by atoms with Crippen LogP contribution in [0.15, 0.2) is 424 Å². The molecule has 0 aliphatic heterocycles. The fourth-order valence-corrected chi connectivity index (χ4v) is 16.5. The summed E-state index contributed by atoms with van der Waals surface area (Å²) in [5, 5.41) is 45.4. The third kappa shape index (κ3) is 21.4. The van der Waals surface area contributed by atoms with E-state index in [4.69, 9.17) is 0 Å². The molecule has 0 amide bonds. The summed E-state index contributed by atoms with van der Waals surface area (Å²) in [4.78, 5) is 77.4. The zero-order valence-electron chi connectivity index (χ0n) is 73.3. The number of hydrogen-bond acceptors (Lipinski definition) is 13. The average molecular weight is 1970 g/mol. The van der Waals surface area contributed by atoms with Crippen LogP contribution >= 0.6 is 0 Å². The molecule has 8 aromatic heterocycles. The predicted molar refractivity (Wildman–Crippen MR) is 514 cm³/mol. The van der Waals surface area contributed by atoms with Crippen LogP contribution in [-0.4, -0.2) is 84.9 Å². The normalized spacial score (nSPS) is 11.6. The first-order chi connectivity index (χ1) is 64.9. The van der Waals surface area contributed by atoms with Gasteiger partial charge in [0.25, 0.3) is 0 Å². The molecule has 0 saturated carbocycles. The summed E-state index contributed by atoms with van der Waals surface area (Å²) in [6, 6.07) is 116. The van der Waals surface area contributed by atoms with Crippen molar-refractivity contribution in [2.45, 2.75) is 32.6 Å². The SMILES string of the molecule is CC([O-])=CC(=O)c1ccc2c(c1)c1ccccc1n2-c1ccccc1.CC([O-])=CC(=O)c1ccc2c(c1)c1ccccc1n2-c1ccccc1.O=C(C=C([O-])C(F)(F)F)c1ccc2c(c1)c1ccccc1n2-c1ccccc1.O=C(CC(=O)C(F)(F)F)c1ccc2c(c1)c1ccccc1n2-c1ccccc1.[Eu+3].[Na+].[OH-].c1cnc2c(c1)ccc1cccnc12.c1cnc2c(c1)ccc1cccnc12. The monoisotopic (exact) mass is 1970 g/mol. The van der Waals surface area contributed by atoms with Crippen LogP contribution in [0, 0.1) is 49.4 Å². The van der Waals surface area contributed by atoms with Crippen molar-refractivity contribution in [3.63, 3.8) is 0 Å². The number of benzene rings is 14. The van der Waals surface area contributed by atoms with Gasteiger partial charge in [0.15, 0.2) is 23.1 Å². The van der Waals surface area contributed by atoms with Gasteiger partial charge in [-0.3, -0.25) is 43.9 Å². The number of allylic oxidation sites excluding steroid dienone is 6. The van der Waals surface area contributed by atoms with Gasteiger partial charge >= 0.3 is 91.3 Å². The van der Waals surface area contributed by atoms with E-state index in [0.717, 1.165) is 166 Å². The Morgan fingerprint density at radius 3 is 0.774 bits per heavy atom. The van der Waals surface area contributed by atoms with Crippen LogP contribution in [0.3, 0.4) is 0 Å². The summed E-state index contributed by atoms with van der Waals surface area (Å²) >= 11 is 0. The Hall–Kier alpha value is -15.0. The Morgan fingerprint density at radius 1 is 0.285 bits per heavy atom. The van der Waals surface area contributed by atoms with Crippen LogP contribution in [-0.2, 0) is 4.79 Å². The van der Waals surface area contributed by atoms with Crippen LogP contribution in [0.25, 0.3) is 154 Å². The van der Waals surface area contributed by atoms with Crippen LogP contribution in [0.2, 0.25) is 0 Å². The number of nitrogens with zero attached hydrogens (tertiary/aromatic N) is 8. The van der Waals surface area contributed by atoms with E-state index >= 15 is 0 Å². The van der Waals surface area contributed by atoms with Crippen molar-refractivity contribution >= 4 is 160 Å². The summed E-state index contributed by atoms with van der Waals surface area (Å²) in [7, 11) is 0. The molecule has 14 aromatic carbocycles. The van der Waals surface area contributed by atoms with Crippen molar-refractivity contribution < 1.29 is 150 Å². The van der Waals surface area contributed by atoms with Gasteiger partial charge in [-0.25, -0.2) is 0 Å². The minimum Gasteiger partial charge on any atom is -0.876 e. The summed E-state index contributed by atoms with van der Waals surface area (Å²) in [5.41, 5.74) is 16.8. The van der Waals surface area contributed by atoms with Gasteiger partial charge in [-0.1, -0.05) is 208 Å². The van der Waals surface area contributed by atoms with Gasteiger partial charge in [0, 0.05) is 134 Å². The van der Waals surface area contributed by atoms with Gasteiger partial charge in [-0.05, 0) is 194 Å². The molecular formula is C112H76EuF6N8NaO9. The topological polar surface area (TPSA) is 256 Å². The van der Waals surface area contributed by atoms with E-state index in [2.05, 4.69) is 126 Å². The second-order valence-electron chi connectivity index (χ2n) is 31.2. The number of rotatable bonds is 13. The maximum atomic E-state index is 12.5. The largest absolute Gasteiger partial charge is 3.00 e. The first-order valence-corrected chi connectivity index (χ1v) is 42.4. The van der Waals surface area contributed by atoms with Gasteiger partial charge < -0.3 is 39.1 Å². The zero-order chi connectivity index (χ0) is 93.3. The quantitative estimate of drug-likeness (QED) is 0.0198. The summed E-state index contributed by atoms with van der Waals surface area (Å²) in [6.07, 6.45) is -1.69. The fraction of sp³-hybridized carbons (Fsp3) is 0.0446. The zero-order valence-corrected chi connectivity index (χ0v) is 77.8. The third-order valence-electron chi connectivity index (χ3n) is 22.5. The van der Waals surface area contributed by atoms with Gasteiger partial charge in [0.05, 0.1) is 72.6 Å². The minimum atomic E-state index is -5.07. The Balaban J connectivity index is 0.000000133. The predicted octanol–water partition coefficient (Wildman–Crippen LogP) is 21.1. The molecule has 137 heavy (non-hydrogen) atoms. The van der Waals surface area contributed by atoms with E-state index in [1.54, 1.807) is 55.1 Å². The summed E-state index contributed by atoms with van der Waals surface area (Å²) < 4.78 is 83.2. The number of pyridine rings is 4. The Kier molecular flexibility index (Phi) is 30.9. The third-order valence-corrected chi connectivity index (χ3v) is 22.5. The molecule has 25 heteroatoms. The van der Waals surface area contributed by atoms with Gasteiger partial charge in [-0.15, -0.1) is 11.5 Å². The maximum Gasteiger partial charge on any atom is 3.00 e. The van der Waals surface area contributed by atoms with E-state index in [1.165, 1.54) is 32.0 Å². The molecule has 0 spiro atoms. The molecule has 0 atom stereocenters. The number of alkyl halides is 6. The van der Waals surface area contributed by atoms with E-state index in [1.807, 2.05) is 228 Å². The number of Topliss-reactive ketones (excluding diaryl/α,β-unsaturated/α-hetero) is 2. The van der Waals surface area contributed by atoms with Crippen LogP contribution in [0.4, 0.5) is 26.3 Å². The Bertz CT molecular complexity index is 7980. The van der Waals surface area contributed by atoms with Crippen molar-refractivity contribution in [3.8, 4) is 22.7 Å². The minimum absolute atomic E-state index is 0. The van der Waals surface area contributed by atoms with Crippen molar-refractivity contribution in [1.29, 1.82) is 0 Å². The number of ketones is 5. The number of carbonyl (C=O) groups excluding carboxylic acids is 5. The van der Waals surface area contributed by atoms with E-state index in [9.17, 15) is 65.6 Å². The molecule has 668 valence electrons. The van der Waals surface area contributed by atoms with Crippen LogP contribution < -0.4 is 44.9 Å². The second kappa shape index (κ2) is 43.1. The molecule has 0 fully saturated rings. The molecule has 0 saturated heterocycles. The first-order valence-electron chi connectivity index (χ1n) is 42.4. The fourth-order valence-electron chi connectivity index (χ4n) is 16.5. The standard InChI is InChI=1S/2C22H14F3NO2.2C22H17NO2.2C12H8N2.Eu.Na.H2O/c2*23-22(24,25)21(28)13-20(27)14-10-11-19-17(12-14)16-8-4-5-9-18(16)26(19)15-6-2-1-3-7-15;2*1-15(24)13-22(25)16-11-12-21-19(14-16)18-9-5-6-10-20(18)23(21)17-7-3-2-4-8-17;2*1-3-9-5-6-10-4-2-8-14-12(10)11(9)13-7-1;;;/h1-12H,13H2;1-13,28H;2*2-14,24H,1H3;2*1-8H;;;1H2/q;;;;;;+3;+1;/p-4. The maximum absolute atomic E-state index is 12.5. The number of aromatic nitrogens is 8. The molecule has 0 aliphatic carbocycles. The van der Waals surface area contributed by atoms with Crippen molar-refractivity contribution in [2.75, 3.05) is 0 Å². The molecule has 22 aromatic rings. The second-order valence-corrected chi connectivity index (χ2v) is 31.2. The smallest absolute Gasteiger partial charge is 0.876 e. The number of carbonyl (C=O) groups is 5. The molecule has 1 N–H and O–H groups in total. The molecule has 0 radical (unpaired) electrons. The first kappa shape index (κ1) is 98.0. The number of halogens is 6. The van der Waals surface area contributed by atoms with Crippen LogP contribution in [0.1, 0.15) is 61.7 Å². The van der Waals surface area contributed by atoms with E-state index < -0.39 is 41.9 Å². The molecule has 0 aliphatic rings. The molecule has 8 heterocycles. The molecule has 0 bridgehead atoms.